The monoisotopic (exact) mass is 343 g/mol. The SMILES string of the molecule is CC1(C)Oc2cc(N)c(N)cc2C(NCC(O)c2ccccc2)C1O. The van der Waals surface area contributed by atoms with Gasteiger partial charge in [0.2, 0.25) is 0 Å². The Labute approximate surface area is 147 Å². The number of nitrogen functional groups attached to an aromatic ring is 2. The predicted octanol–water partition coefficient (Wildman–Crippen LogP) is 1.75. The van der Waals surface area contributed by atoms with Crippen LogP contribution in [-0.4, -0.2) is 28.5 Å². The van der Waals surface area contributed by atoms with Crippen LogP contribution >= 0.6 is 0 Å². The highest BCUT2D eigenvalue weighted by molar-refractivity contribution is 5.68. The number of benzene rings is 2. The number of nitrogens with one attached hydrogen (secondary N) is 1. The van der Waals surface area contributed by atoms with Gasteiger partial charge in [-0.25, -0.2) is 0 Å². The third-order valence-corrected chi connectivity index (χ3v) is 4.67. The van der Waals surface area contributed by atoms with E-state index in [2.05, 4.69) is 5.32 Å². The number of rotatable bonds is 4. The van der Waals surface area contributed by atoms with Gasteiger partial charge in [0.15, 0.2) is 0 Å². The molecule has 0 fully saturated rings. The highest BCUT2D eigenvalue weighted by Crippen LogP contribution is 2.42. The lowest BCUT2D eigenvalue weighted by molar-refractivity contribution is -0.0659. The second-order valence-electron chi connectivity index (χ2n) is 6.98. The second kappa shape index (κ2) is 6.55. The van der Waals surface area contributed by atoms with E-state index in [1.54, 1.807) is 12.1 Å². The third-order valence-electron chi connectivity index (χ3n) is 4.67. The Hall–Kier alpha value is -2.28. The summed E-state index contributed by atoms with van der Waals surface area (Å²) in [6, 6.07) is 12.4. The molecule has 0 bridgehead atoms. The topological polar surface area (TPSA) is 114 Å². The molecule has 0 saturated carbocycles. The highest BCUT2D eigenvalue weighted by Gasteiger charge is 2.43. The summed E-state index contributed by atoms with van der Waals surface area (Å²) in [4.78, 5) is 0. The van der Waals surface area contributed by atoms with Gasteiger partial charge >= 0.3 is 0 Å². The molecular weight excluding hydrogens is 318 g/mol. The molecule has 0 amide bonds. The summed E-state index contributed by atoms with van der Waals surface area (Å²) >= 11 is 0. The minimum atomic E-state index is -0.814. The first-order chi connectivity index (χ1) is 11.8. The second-order valence-corrected chi connectivity index (χ2v) is 6.98. The summed E-state index contributed by atoms with van der Waals surface area (Å²) in [7, 11) is 0. The van der Waals surface area contributed by atoms with Gasteiger partial charge in [-0.05, 0) is 25.5 Å². The summed E-state index contributed by atoms with van der Waals surface area (Å²) in [5, 5.41) is 24.4. The molecule has 0 aromatic heterocycles. The first-order valence-electron chi connectivity index (χ1n) is 8.32. The van der Waals surface area contributed by atoms with Crippen molar-refractivity contribution < 1.29 is 14.9 Å². The van der Waals surface area contributed by atoms with E-state index >= 15 is 0 Å². The average molecular weight is 343 g/mol. The molecule has 0 aliphatic carbocycles. The number of aliphatic hydroxyl groups is 2. The van der Waals surface area contributed by atoms with Crippen molar-refractivity contribution in [2.24, 2.45) is 0 Å². The van der Waals surface area contributed by atoms with Gasteiger partial charge in [0.25, 0.3) is 0 Å². The van der Waals surface area contributed by atoms with E-state index in [4.69, 9.17) is 16.2 Å². The highest BCUT2D eigenvalue weighted by atomic mass is 16.5. The van der Waals surface area contributed by atoms with Crippen LogP contribution < -0.4 is 21.5 Å². The number of aliphatic hydroxyl groups excluding tert-OH is 2. The number of hydrogen-bond acceptors (Lipinski definition) is 6. The van der Waals surface area contributed by atoms with Crippen LogP contribution in [0.4, 0.5) is 11.4 Å². The molecular formula is C19H25N3O3. The van der Waals surface area contributed by atoms with Crippen molar-refractivity contribution in [3.63, 3.8) is 0 Å². The van der Waals surface area contributed by atoms with Crippen LogP contribution in [0.5, 0.6) is 5.75 Å². The zero-order valence-corrected chi connectivity index (χ0v) is 14.4. The van der Waals surface area contributed by atoms with Crippen LogP contribution in [0.25, 0.3) is 0 Å². The number of nitrogens with two attached hydrogens (primary N) is 2. The van der Waals surface area contributed by atoms with Crippen LogP contribution in [0.15, 0.2) is 42.5 Å². The van der Waals surface area contributed by atoms with Gasteiger partial charge in [-0.1, -0.05) is 30.3 Å². The van der Waals surface area contributed by atoms with Gasteiger partial charge < -0.3 is 31.7 Å². The van der Waals surface area contributed by atoms with E-state index < -0.39 is 23.9 Å². The Morgan fingerprint density at radius 2 is 1.80 bits per heavy atom. The fourth-order valence-electron chi connectivity index (χ4n) is 3.13. The minimum Gasteiger partial charge on any atom is -0.485 e. The fourth-order valence-corrected chi connectivity index (χ4v) is 3.13. The Balaban J connectivity index is 1.86. The van der Waals surface area contributed by atoms with Crippen LogP contribution in [0.1, 0.15) is 37.1 Å². The number of hydrogen-bond donors (Lipinski definition) is 5. The lowest BCUT2D eigenvalue weighted by Gasteiger charge is -2.43. The van der Waals surface area contributed by atoms with Gasteiger partial charge in [0.1, 0.15) is 17.5 Å². The molecule has 0 radical (unpaired) electrons. The van der Waals surface area contributed by atoms with Crippen LogP contribution in [-0.2, 0) is 0 Å². The molecule has 1 aliphatic rings. The summed E-state index contributed by atoms with van der Waals surface area (Å²) < 4.78 is 5.90. The van der Waals surface area contributed by atoms with E-state index in [9.17, 15) is 10.2 Å². The van der Waals surface area contributed by atoms with Crippen molar-refractivity contribution in [2.75, 3.05) is 18.0 Å². The van der Waals surface area contributed by atoms with Gasteiger partial charge in [-0.2, -0.15) is 0 Å². The van der Waals surface area contributed by atoms with Gasteiger partial charge in [0, 0.05) is 18.2 Å². The fraction of sp³-hybridized carbons (Fsp3) is 0.368. The molecule has 3 rings (SSSR count). The van der Waals surface area contributed by atoms with E-state index in [0.29, 0.717) is 17.1 Å². The van der Waals surface area contributed by atoms with Crippen molar-refractivity contribution in [3.05, 3.63) is 53.6 Å². The maximum atomic E-state index is 10.7. The zero-order valence-electron chi connectivity index (χ0n) is 14.4. The molecule has 3 atom stereocenters. The molecule has 2 aromatic rings. The molecule has 3 unspecified atom stereocenters. The molecule has 0 saturated heterocycles. The summed E-state index contributed by atoms with van der Waals surface area (Å²) in [5.41, 5.74) is 13.4. The summed E-state index contributed by atoms with van der Waals surface area (Å²) in [6.07, 6.45) is -1.50. The number of anilines is 2. The van der Waals surface area contributed by atoms with Crippen molar-refractivity contribution in [2.45, 2.75) is 37.7 Å². The van der Waals surface area contributed by atoms with Crippen molar-refractivity contribution in [1.29, 1.82) is 0 Å². The van der Waals surface area contributed by atoms with Crippen molar-refractivity contribution in [3.8, 4) is 5.75 Å². The largest absolute Gasteiger partial charge is 0.485 e. The van der Waals surface area contributed by atoms with Crippen molar-refractivity contribution >= 4 is 11.4 Å². The van der Waals surface area contributed by atoms with Gasteiger partial charge in [-0.15, -0.1) is 0 Å². The molecule has 2 aromatic carbocycles. The first kappa shape index (κ1) is 17.5. The molecule has 6 heteroatoms. The first-order valence-corrected chi connectivity index (χ1v) is 8.32. The van der Waals surface area contributed by atoms with E-state index in [1.165, 1.54) is 0 Å². The van der Waals surface area contributed by atoms with Gasteiger partial charge in [0.05, 0.1) is 23.5 Å². The minimum absolute atomic E-state index is 0.283. The average Bonchev–Trinajstić information content (AvgIpc) is 2.58. The number of ether oxygens (including phenoxy) is 1. The summed E-state index contributed by atoms with van der Waals surface area (Å²) in [6.45, 7) is 3.91. The Kier molecular flexibility index (Phi) is 4.60. The van der Waals surface area contributed by atoms with E-state index in [1.807, 2.05) is 44.2 Å². The van der Waals surface area contributed by atoms with Crippen molar-refractivity contribution in [1.82, 2.24) is 5.32 Å². The van der Waals surface area contributed by atoms with Gasteiger partial charge in [-0.3, -0.25) is 0 Å². The Bertz CT molecular complexity index is 749. The van der Waals surface area contributed by atoms with Crippen LogP contribution in [0, 0.1) is 0 Å². The molecule has 1 heterocycles. The molecule has 7 N–H and O–H groups in total. The van der Waals surface area contributed by atoms with Crippen LogP contribution in [0.3, 0.4) is 0 Å². The Morgan fingerprint density at radius 1 is 1.16 bits per heavy atom. The third kappa shape index (κ3) is 3.42. The number of fused-ring (bicyclic) bond motifs is 1. The summed E-state index contributed by atoms with van der Waals surface area (Å²) in [5.74, 6) is 0.591. The normalized spacial score (nSPS) is 22.7. The quantitative estimate of drug-likeness (QED) is 0.541. The Morgan fingerprint density at radius 3 is 2.48 bits per heavy atom. The molecule has 6 nitrogen and oxygen atoms in total. The standard InChI is InChI=1S/C19H25N3O3/c1-19(2)18(24)17(12-8-13(20)14(21)9-16(12)25-19)22-10-15(23)11-6-4-3-5-7-11/h3-9,15,17-18,22-24H,10,20-21H2,1-2H3. The molecule has 1 aliphatic heterocycles. The molecule has 25 heavy (non-hydrogen) atoms. The smallest absolute Gasteiger partial charge is 0.131 e. The molecule has 134 valence electrons. The maximum Gasteiger partial charge on any atom is 0.131 e. The lowest BCUT2D eigenvalue weighted by atomic mass is 9.86. The molecule has 0 spiro atoms. The lowest BCUT2D eigenvalue weighted by Crippen LogP contribution is -2.53. The van der Waals surface area contributed by atoms with Crippen LogP contribution in [0.2, 0.25) is 0 Å². The predicted molar refractivity (Wildman–Crippen MR) is 98.1 cm³/mol. The van der Waals surface area contributed by atoms with E-state index in [-0.39, 0.29) is 6.54 Å². The van der Waals surface area contributed by atoms with E-state index in [0.717, 1.165) is 11.1 Å². The maximum absolute atomic E-state index is 10.7. The zero-order chi connectivity index (χ0) is 18.2.